The second kappa shape index (κ2) is 7.25. The molecule has 3 saturated heterocycles. The Labute approximate surface area is 158 Å². The number of carbonyl (C=O) groups is 1. The Hall–Kier alpha value is -2.11. The fraction of sp³-hybridized carbons (Fsp3) is 0.400. The highest BCUT2D eigenvalue weighted by atomic mass is 35.5. The summed E-state index contributed by atoms with van der Waals surface area (Å²) in [5.74, 6) is 1.61. The highest BCUT2D eigenvalue weighted by molar-refractivity contribution is 6.29. The van der Waals surface area contributed by atoms with Crippen LogP contribution in [0.3, 0.4) is 0 Å². The van der Waals surface area contributed by atoms with E-state index in [4.69, 9.17) is 16.3 Å². The van der Waals surface area contributed by atoms with E-state index >= 15 is 0 Å². The average molecular weight is 372 g/mol. The van der Waals surface area contributed by atoms with Gasteiger partial charge in [-0.3, -0.25) is 9.69 Å². The number of rotatable bonds is 4. The van der Waals surface area contributed by atoms with Gasteiger partial charge in [0.15, 0.2) is 0 Å². The quantitative estimate of drug-likeness (QED) is 0.832. The molecule has 1 aromatic heterocycles. The molecule has 0 aliphatic carbocycles. The largest absolute Gasteiger partial charge is 0.439 e. The van der Waals surface area contributed by atoms with Crippen molar-refractivity contribution in [2.45, 2.75) is 31.8 Å². The molecule has 2 aromatic rings. The van der Waals surface area contributed by atoms with Crippen LogP contribution in [-0.4, -0.2) is 41.0 Å². The number of nitrogens with zero attached hydrogens (tertiary/aromatic N) is 2. The Morgan fingerprint density at radius 3 is 2.58 bits per heavy atom. The maximum Gasteiger partial charge on any atom is 0.251 e. The van der Waals surface area contributed by atoms with Crippen molar-refractivity contribution in [2.24, 2.45) is 5.92 Å². The van der Waals surface area contributed by atoms with Crippen LogP contribution in [-0.2, 0) is 0 Å². The van der Waals surface area contributed by atoms with Crippen LogP contribution in [0.5, 0.6) is 11.6 Å². The van der Waals surface area contributed by atoms with Crippen molar-refractivity contribution in [1.82, 2.24) is 15.2 Å². The van der Waals surface area contributed by atoms with E-state index in [0.717, 1.165) is 13.1 Å². The number of ether oxygens (including phenoxy) is 1. The summed E-state index contributed by atoms with van der Waals surface area (Å²) >= 11 is 5.86. The van der Waals surface area contributed by atoms with Crippen LogP contribution in [0, 0.1) is 5.92 Å². The normalized spacial score (nSPS) is 27.2. The number of benzene rings is 1. The first kappa shape index (κ1) is 17.3. The molecule has 2 atom stereocenters. The molecule has 136 valence electrons. The fourth-order valence-electron chi connectivity index (χ4n) is 4.02. The van der Waals surface area contributed by atoms with Gasteiger partial charge in [-0.25, -0.2) is 4.98 Å². The standard InChI is InChI=1S/C20H22ClN3O2/c1-13-19(14-9-11-24(13)12-10-14)23-20(25)15-5-7-16(8-6-15)26-18-4-2-3-17(21)22-18/h2-8,13-14,19H,9-12H2,1H3,(H,23,25)/t13-,19-/m0/s1. The summed E-state index contributed by atoms with van der Waals surface area (Å²) in [6.45, 7) is 4.52. The van der Waals surface area contributed by atoms with Crippen LogP contribution in [0.15, 0.2) is 42.5 Å². The molecule has 3 aliphatic rings. The van der Waals surface area contributed by atoms with Crippen molar-refractivity contribution in [3.63, 3.8) is 0 Å². The minimum atomic E-state index is -0.0250. The van der Waals surface area contributed by atoms with E-state index in [1.165, 1.54) is 12.8 Å². The molecule has 2 bridgehead atoms. The number of halogens is 1. The first-order chi connectivity index (χ1) is 12.6. The van der Waals surface area contributed by atoms with Crippen LogP contribution >= 0.6 is 11.6 Å². The van der Waals surface area contributed by atoms with Gasteiger partial charge in [0.25, 0.3) is 5.91 Å². The molecule has 26 heavy (non-hydrogen) atoms. The summed E-state index contributed by atoms with van der Waals surface area (Å²) in [5.41, 5.74) is 0.639. The average Bonchev–Trinajstić information content (AvgIpc) is 2.65. The molecule has 6 heteroatoms. The van der Waals surface area contributed by atoms with Crippen LogP contribution < -0.4 is 10.1 Å². The van der Waals surface area contributed by atoms with Gasteiger partial charge in [0.2, 0.25) is 5.88 Å². The molecule has 0 spiro atoms. The van der Waals surface area contributed by atoms with Gasteiger partial charge in [-0.1, -0.05) is 17.7 Å². The monoisotopic (exact) mass is 371 g/mol. The predicted octanol–water partition coefficient (Wildman–Crippen LogP) is 3.74. The lowest BCUT2D eigenvalue weighted by molar-refractivity contribution is 0.0217. The molecule has 5 rings (SSSR count). The number of fused-ring (bicyclic) bond motifs is 3. The van der Waals surface area contributed by atoms with E-state index in [-0.39, 0.29) is 11.9 Å². The van der Waals surface area contributed by atoms with Gasteiger partial charge >= 0.3 is 0 Å². The highest BCUT2D eigenvalue weighted by Crippen LogP contribution is 2.32. The van der Waals surface area contributed by atoms with Crippen molar-refractivity contribution in [3.05, 3.63) is 53.2 Å². The van der Waals surface area contributed by atoms with Gasteiger partial charge in [0, 0.05) is 23.7 Å². The predicted molar refractivity (Wildman–Crippen MR) is 101 cm³/mol. The summed E-state index contributed by atoms with van der Waals surface area (Å²) in [7, 11) is 0. The van der Waals surface area contributed by atoms with E-state index in [1.807, 2.05) is 0 Å². The highest BCUT2D eigenvalue weighted by Gasteiger charge is 2.40. The van der Waals surface area contributed by atoms with Gasteiger partial charge in [-0.15, -0.1) is 0 Å². The maximum absolute atomic E-state index is 12.6. The van der Waals surface area contributed by atoms with Crippen molar-refractivity contribution in [2.75, 3.05) is 13.1 Å². The first-order valence-corrected chi connectivity index (χ1v) is 9.43. The molecule has 0 radical (unpaired) electrons. The zero-order valence-electron chi connectivity index (χ0n) is 14.7. The van der Waals surface area contributed by atoms with E-state index in [1.54, 1.807) is 42.5 Å². The molecular formula is C20H22ClN3O2. The first-order valence-electron chi connectivity index (χ1n) is 9.05. The maximum atomic E-state index is 12.6. The van der Waals surface area contributed by atoms with E-state index in [2.05, 4.69) is 22.1 Å². The van der Waals surface area contributed by atoms with E-state index in [0.29, 0.717) is 34.3 Å². The molecule has 1 N–H and O–H groups in total. The second-order valence-corrected chi connectivity index (χ2v) is 7.43. The number of carbonyl (C=O) groups excluding carboxylic acids is 1. The summed E-state index contributed by atoms with van der Waals surface area (Å²) in [6, 6.07) is 13.0. The minimum absolute atomic E-state index is 0.0250. The van der Waals surface area contributed by atoms with Gasteiger partial charge in [0.1, 0.15) is 10.9 Å². The van der Waals surface area contributed by atoms with Crippen molar-refractivity contribution >= 4 is 17.5 Å². The van der Waals surface area contributed by atoms with E-state index in [9.17, 15) is 4.79 Å². The minimum Gasteiger partial charge on any atom is -0.439 e. The van der Waals surface area contributed by atoms with Gasteiger partial charge in [-0.05, 0) is 69.1 Å². The molecular weight excluding hydrogens is 350 g/mol. The smallest absolute Gasteiger partial charge is 0.251 e. The Balaban J connectivity index is 1.41. The van der Waals surface area contributed by atoms with Crippen LogP contribution in [0.25, 0.3) is 0 Å². The third kappa shape index (κ3) is 3.55. The number of hydrogen-bond donors (Lipinski definition) is 1. The molecule has 0 saturated carbocycles. The SMILES string of the molecule is C[C@H]1[C@H](NC(=O)c2ccc(Oc3cccc(Cl)n3)cc2)C2CCN1CC2. The summed E-state index contributed by atoms with van der Waals surface area (Å²) in [5, 5.41) is 3.62. The number of hydrogen-bond acceptors (Lipinski definition) is 4. The number of pyridine rings is 1. The Kier molecular flexibility index (Phi) is 4.83. The lowest BCUT2D eigenvalue weighted by Gasteiger charge is -2.49. The van der Waals surface area contributed by atoms with Crippen LogP contribution in [0.1, 0.15) is 30.1 Å². The number of nitrogens with one attached hydrogen (secondary N) is 1. The molecule has 3 fully saturated rings. The van der Waals surface area contributed by atoms with Crippen LogP contribution in [0.2, 0.25) is 5.15 Å². The third-order valence-electron chi connectivity index (χ3n) is 5.50. The summed E-state index contributed by atoms with van der Waals surface area (Å²) < 4.78 is 5.67. The number of amides is 1. The molecule has 1 amide bonds. The fourth-order valence-corrected chi connectivity index (χ4v) is 4.18. The molecule has 4 heterocycles. The van der Waals surface area contributed by atoms with Gasteiger partial charge < -0.3 is 10.1 Å². The Bertz CT molecular complexity index is 786. The molecule has 1 aromatic carbocycles. The number of piperidine rings is 3. The van der Waals surface area contributed by atoms with Crippen molar-refractivity contribution in [3.8, 4) is 11.6 Å². The number of aromatic nitrogens is 1. The molecule has 5 nitrogen and oxygen atoms in total. The van der Waals surface area contributed by atoms with Gasteiger partial charge in [0.05, 0.1) is 0 Å². The molecule has 0 unspecified atom stereocenters. The van der Waals surface area contributed by atoms with E-state index < -0.39 is 0 Å². The molecule has 3 aliphatic heterocycles. The third-order valence-corrected chi connectivity index (χ3v) is 5.71. The lowest BCUT2D eigenvalue weighted by atomic mass is 9.79. The second-order valence-electron chi connectivity index (χ2n) is 7.04. The lowest BCUT2D eigenvalue weighted by Crippen LogP contribution is -2.62. The van der Waals surface area contributed by atoms with Crippen molar-refractivity contribution in [1.29, 1.82) is 0 Å². The van der Waals surface area contributed by atoms with Crippen molar-refractivity contribution < 1.29 is 9.53 Å². The summed E-state index contributed by atoms with van der Waals surface area (Å²) in [6.07, 6.45) is 2.35. The summed E-state index contributed by atoms with van der Waals surface area (Å²) in [4.78, 5) is 19.2. The van der Waals surface area contributed by atoms with Gasteiger partial charge in [-0.2, -0.15) is 0 Å². The Morgan fingerprint density at radius 1 is 1.19 bits per heavy atom. The van der Waals surface area contributed by atoms with Crippen LogP contribution in [0.4, 0.5) is 0 Å². The zero-order chi connectivity index (χ0) is 18.1. The Morgan fingerprint density at radius 2 is 1.92 bits per heavy atom. The zero-order valence-corrected chi connectivity index (χ0v) is 15.4. The topological polar surface area (TPSA) is 54.5 Å².